The van der Waals surface area contributed by atoms with Gasteiger partial charge in [-0.15, -0.1) is 0 Å². The second-order valence-corrected chi connectivity index (χ2v) is 11.4. The summed E-state index contributed by atoms with van der Waals surface area (Å²) in [7, 11) is 0. The average molecular weight is 598 g/mol. The minimum absolute atomic E-state index is 0.134. The number of benzene rings is 2. The molecule has 1 aliphatic rings. The highest BCUT2D eigenvalue weighted by molar-refractivity contribution is 9.10. The molecule has 1 atom stereocenters. The van der Waals surface area contributed by atoms with E-state index in [0.717, 1.165) is 35.7 Å². The normalized spacial score (nSPS) is 15.0. The molecule has 196 valence electrons. The van der Waals surface area contributed by atoms with Gasteiger partial charge in [0.25, 0.3) is 5.91 Å². The Balaban J connectivity index is 1.80. The molecule has 2 aromatic rings. The Hall–Kier alpha value is -1.76. The molecule has 0 radical (unpaired) electrons. The molecule has 0 aliphatic heterocycles. The fourth-order valence-electron chi connectivity index (χ4n) is 4.51. The Morgan fingerprint density at radius 2 is 1.83 bits per heavy atom. The van der Waals surface area contributed by atoms with Gasteiger partial charge in [0.05, 0.1) is 4.47 Å². The summed E-state index contributed by atoms with van der Waals surface area (Å²) in [6.07, 6.45) is 5.86. The van der Waals surface area contributed by atoms with Gasteiger partial charge < -0.3 is 15.0 Å². The molecule has 2 aromatic carbocycles. The number of carbonyl (C=O) groups excluding carboxylic acids is 2. The SMILES string of the molecule is CCC(C(=O)NC1CCCCC1)N(Cc1ccc(Cl)cc1Cl)C(=O)COc1ccc(C(C)C)cc1Br. The van der Waals surface area contributed by atoms with Gasteiger partial charge in [0.2, 0.25) is 5.91 Å². The predicted octanol–water partition coefficient (Wildman–Crippen LogP) is 7.51. The lowest BCUT2D eigenvalue weighted by Gasteiger charge is -2.33. The molecular weight excluding hydrogens is 563 g/mol. The maximum absolute atomic E-state index is 13.5. The maximum atomic E-state index is 13.5. The van der Waals surface area contributed by atoms with E-state index in [4.69, 9.17) is 27.9 Å². The molecule has 1 fully saturated rings. The molecule has 1 unspecified atom stereocenters. The molecule has 1 N–H and O–H groups in total. The van der Waals surface area contributed by atoms with Gasteiger partial charge in [0.1, 0.15) is 11.8 Å². The molecule has 0 aromatic heterocycles. The Morgan fingerprint density at radius 3 is 2.44 bits per heavy atom. The van der Waals surface area contributed by atoms with E-state index in [1.165, 1.54) is 12.0 Å². The smallest absolute Gasteiger partial charge is 0.261 e. The van der Waals surface area contributed by atoms with Gasteiger partial charge in [-0.3, -0.25) is 9.59 Å². The van der Waals surface area contributed by atoms with Crippen LogP contribution in [-0.4, -0.2) is 35.4 Å². The largest absolute Gasteiger partial charge is 0.483 e. The highest BCUT2D eigenvalue weighted by atomic mass is 79.9. The highest BCUT2D eigenvalue weighted by Crippen LogP contribution is 2.29. The number of amides is 2. The van der Waals surface area contributed by atoms with Crippen LogP contribution >= 0.6 is 39.1 Å². The van der Waals surface area contributed by atoms with E-state index in [9.17, 15) is 9.59 Å². The molecule has 3 rings (SSSR count). The number of hydrogen-bond donors (Lipinski definition) is 1. The number of hydrogen-bond acceptors (Lipinski definition) is 3. The monoisotopic (exact) mass is 596 g/mol. The number of rotatable bonds is 10. The Morgan fingerprint density at radius 1 is 1.11 bits per heavy atom. The number of nitrogens with one attached hydrogen (secondary N) is 1. The molecule has 8 heteroatoms. The van der Waals surface area contributed by atoms with Crippen molar-refractivity contribution in [1.82, 2.24) is 10.2 Å². The van der Waals surface area contributed by atoms with E-state index in [0.29, 0.717) is 28.1 Å². The van der Waals surface area contributed by atoms with Crippen molar-refractivity contribution in [3.63, 3.8) is 0 Å². The van der Waals surface area contributed by atoms with Crippen molar-refractivity contribution in [2.24, 2.45) is 0 Å². The van der Waals surface area contributed by atoms with Gasteiger partial charge in [-0.25, -0.2) is 0 Å². The van der Waals surface area contributed by atoms with E-state index >= 15 is 0 Å². The Kier molecular flexibility index (Phi) is 11.0. The van der Waals surface area contributed by atoms with Gasteiger partial charge >= 0.3 is 0 Å². The zero-order chi connectivity index (χ0) is 26.2. The van der Waals surface area contributed by atoms with Crippen molar-refractivity contribution >= 4 is 50.9 Å². The van der Waals surface area contributed by atoms with E-state index in [1.54, 1.807) is 23.1 Å². The molecule has 2 amide bonds. The third kappa shape index (κ3) is 7.87. The first-order valence-corrected chi connectivity index (χ1v) is 14.2. The number of halogens is 3. The predicted molar refractivity (Wildman–Crippen MR) is 150 cm³/mol. The van der Waals surface area contributed by atoms with Crippen LogP contribution in [0, 0.1) is 0 Å². The quantitative estimate of drug-likeness (QED) is 0.308. The van der Waals surface area contributed by atoms with Gasteiger partial charge in [0, 0.05) is 22.6 Å². The zero-order valence-electron chi connectivity index (χ0n) is 21.2. The van der Waals surface area contributed by atoms with Gasteiger partial charge in [-0.05, 0) is 76.5 Å². The van der Waals surface area contributed by atoms with Crippen molar-refractivity contribution in [3.05, 3.63) is 62.0 Å². The summed E-state index contributed by atoms with van der Waals surface area (Å²) in [6.45, 7) is 6.14. The minimum Gasteiger partial charge on any atom is -0.483 e. The van der Waals surface area contributed by atoms with E-state index < -0.39 is 6.04 Å². The van der Waals surface area contributed by atoms with Gasteiger partial charge in [0.15, 0.2) is 6.61 Å². The maximum Gasteiger partial charge on any atom is 0.261 e. The number of carbonyl (C=O) groups is 2. The van der Waals surface area contributed by atoms with Crippen LogP contribution in [0.15, 0.2) is 40.9 Å². The van der Waals surface area contributed by atoms with E-state index in [-0.39, 0.29) is 31.0 Å². The zero-order valence-corrected chi connectivity index (χ0v) is 24.3. The summed E-state index contributed by atoms with van der Waals surface area (Å²) in [5.41, 5.74) is 1.89. The first-order chi connectivity index (χ1) is 17.2. The molecule has 0 saturated heterocycles. The average Bonchev–Trinajstić information content (AvgIpc) is 2.84. The van der Waals surface area contributed by atoms with E-state index in [1.807, 2.05) is 25.1 Å². The van der Waals surface area contributed by atoms with Crippen LogP contribution in [0.25, 0.3) is 0 Å². The van der Waals surface area contributed by atoms with Crippen LogP contribution < -0.4 is 10.1 Å². The molecular formula is C28H35BrCl2N2O3. The molecule has 1 aliphatic carbocycles. The van der Waals surface area contributed by atoms with Crippen molar-refractivity contribution < 1.29 is 14.3 Å². The third-order valence-corrected chi connectivity index (χ3v) is 7.87. The first-order valence-electron chi connectivity index (χ1n) is 12.7. The van der Waals surface area contributed by atoms with Crippen LogP contribution in [0.2, 0.25) is 10.0 Å². The number of ether oxygens (including phenoxy) is 1. The van der Waals surface area contributed by atoms with Crippen molar-refractivity contribution in [1.29, 1.82) is 0 Å². The van der Waals surface area contributed by atoms with E-state index in [2.05, 4.69) is 35.1 Å². The van der Waals surface area contributed by atoms with Crippen LogP contribution in [0.1, 0.15) is 76.3 Å². The summed E-state index contributed by atoms with van der Waals surface area (Å²) in [5, 5.41) is 4.15. The summed E-state index contributed by atoms with van der Waals surface area (Å²) < 4.78 is 6.69. The third-order valence-electron chi connectivity index (χ3n) is 6.67. The second kappa shape index (κ2) is 13.7. The summed E-state index contributed by atoms with van der Waals surface area (Å²) in [6, 6.07) is 10.5. The molecule has 0 spiro atoms. The van der Waals surface area contributed by atoms with Crippen LogP contribution in [-0.2, 0) is 16.1 Å². The topological polar surface area (TPSA) is 58.6 Å². The molecule has 5 nitrogen and oxygen atoms in total. The molecule has 1 saturated carbocycles. The fraction of sp³-hybridized carbons (Fsp3) is 0.500. The van der Waals surface area contributed by atoms with Crippen molar-refractivity contribution in [3.8, 4) is 5.75 Å². The van der Waals surface area contributed by atoms with Crippen LogP contribution in [0.5, 0.6) is 5.75 Å². The van der Waals surface area contributed by atoms with Crippen molar-refractivity contribution in [2.75, 3.05) is 6.61 Å². The summed E-state index contributed by atoms with van der Waals surface area (Å²) >= 11 is 16.1. The minimum atomic E-state index is -0.637. The van der Waals surface area contributed by atoms with Crippen LogP contribution in [0.4, 0.5) is 0 Å². The standard InChI is InChI=1S/C28H35BrCl2N2O3/c1-4-25(28(35)32-22-8-6-5-7-9-22)33(16-20-10-12-21(30)15-24(20)31)27(34)17-36-26-13-11-19(18(2)3)14-23(26)29/h10-15,18,22,25H,4-9,16-17H2,1-3H3,(H,32,35). The fourth-order valence-corrected chi connectivity index (χ4v) is 5.49. The molecule has 0 heterocycles. The lowest BCUT2D eigenvalue weighted by atomic mass is 9.95. The summed E-state index contributed by atoms with van der Waals surface area (Å²) in [5.74, 6) is 0.540. The van der Waals surface area contributed by atoms with Crippen LogP contribution in [0.3, 0.4) is 0 Å². The lowest BCUT2D eigenvalue weighted by Crippen LogP contribution is -2.52. The van der Waals surface area contributed by atoms with Crippen molar-refractivity contribution in [2.45, 2.75) is 83.8 Å². The summed E-state index contributed by atoms with van der Waals surface area (Å²) in [4.78, 5) is 28.4. The highest BCUT2D eigenvalue weighted by Gasteiger charge is 2.31. The molecule has 36 heavy (non-hydrogen) atoms. The Labute approximate surface area is 233 Å². The van der Waals surface area contributed by atoms with Gasteiger partial charge in [-0.2, -0.15) is 0 Å². The number of nitrogens with zero attached hydrogens (tertiary/aromatic N) is 1. The van der Waals surface area contributed by atoms with Gasteiger partial charge in [-0.1, -0.05) is 75.4 Å². The molecule has 0 bridgehead atoms. The second-order valence-electron chi connectivity index (χ2n) is 9.66. The first kappa shape index (κ1) is 28.8. The Bertz CT molecular complexity index is 1060. The lowest BCUT2D eigenvalue weighted by molar-refractivity contribution is -0.143.